The molecule has 3 heterocycles. The van der Waals surface area contributed by atoms with Crippen LogP contribution in [0.5, 0.6) is 0 Å². The lowest BCUT2D eigenvalue weighted by molar-refractivity contribution is 1.17. The summed E-state index contributed by atoms with van der Waals surface area (Å²) in [5, 5.41) is 10.1. The molecule has 0 unspecified atom stereocenters. The largest absolute Gasteiger partial charge is 0.309 e. The molecule has 0 atom stereocenters. The van der Waals surface area contributed by atoms with Crippen LogP contribution in [0.2, 0.25) is 0 Å². The fraction of sp³-hybridized carbons (Fsp3) is 0. The van der Waals surface area contributed by atoms with E-state index >= 15 is 0 Å². The first kappa shape index (κ1) is 30.1. The number of benzene rings is 9. The van der Waals surface area contributed by atoms with Crippen molar-refractivity contribution in [2.45, 2.75) is 0 Å². The molecular weight excluding hydrogens is 667 g/mol. The molecule has 0 aliphatic carbocycles. The Balaban J connectivity index is 1.13. The van der Waals surface area contributed by atoms with Crippen LogP contribution < -0.4 is 0 Å². The van der Waals surface area contributed by atoms with Crippen molar-refractivity contribution in [3.05, 3.63) is 200 Å². The molecule has 0 bridgehead atoms. The average molecular weight is 700 g/mol. The van der Waals surface area contributed by atoms with E-state index in [2.05, 4.69) is 214 Å². The second kappa shape index (κ2) is 11.6. The van der Waals surface area contributed by atoms with Crippen LogP contribution in [0.1, 0.15) is 0 Å². The second-order valence-electron chi connectivity index (χ2n) is 14.6. The summed E-state index contributed by atoms with van der Waals surface area (Å²) >= 11 is 0. The number of hydrogen-bond acceptors (Lipinski definition) is 0. The lowest BCUT2D eigenvalue weighted by Gasteiger charge is -2.10. The normalized spacial score (nSPS) is 12.0. The quantitative estimate of drug-likeness (QED) is 0.174. The Labute approximate surface area is 317 Å². The Hall–Kier alpha value is -7.36. The summed E-state index contributed by atoms with van der Waals surface area (Å²) < 4.78 is 7.26. The minimum absolute atomic E-state index is 1.16. The van der Waals surface area contributed by atoms with Gasteiger partial charge in [0.2, 0.25) is 0 Å². The van der Waals surface area contributed by atoms with Crippen molar-refractivity contribution in [2.24, 2.45) is 0 Å². The molecule has 256 valence electrons. The van der Waals surface area contributed by atoms with Gasteiger partial charge < -0.3 is 13.7 Å². The second-order valence-corrected chi connectivity index (χ2v) is 14.6. The van der Waals surface area contributed by atoms with E-state index in [1.165, 1.54) is 93.0 Å². The molecule has 55 heavy (non-hydrogen) atoms. The number of para-hydroxylation sites is 4. The van der Waals surface area contributed by atoms with Gasteiger partial charge >= 0.3 is 0 Å². The van der Waals surface area contributed by atoms with Crippen molar-refractivity contribution >= 4 is 76.2 Å². The van der Waals surface area contributed by atoms with Crippen molar-refractivity contribution in [2.75, 3.05) is 0 Å². The molecule has 0 N–H and O–H groups in total. The van der Waals surface area contributed by atoms with Crippen LogP contribution in [0.3, 0.4) is 0 Å². The van der Waals surface area contributed by atoms with Gasteiger partial charge in [-0.2, -0.15) is 0 Å². The zero-order chi connectivity index (χ0) is 36.0. The summed E-state index contributed by atoms with van der Waals surface area (Å²) in [7, 11) is 0. The van der Waals surface area contributed by atoms with Gasteiger partial charge in [-0.1, -0.05) is 115 Å². The standard InChI is InChI=1S/C52H33N3/c1-3-15-38(16-4-1)53-46-22-12-10-20-42(46)51-49(53)29-30-50-52(51)44-33-37(25-28-48(44)54(50)39-17-5-2-6-18-39)36-24-27-47-43(32-36)41-19-9-11-21-45(41)55(47)40-26-23-34-13-7-8-14-35(34)31-40/h1-33H. The maximum absolute atomic E-state index is 2.43. The van der Waals surface area contributed by atoms with Gasteiger partial charge in [0.15, 0.2) is 0 Å². The smallest absolute Gasteiger partial charge is 0.0548 e. The van der Waals surface area contributed by atoms with E-state index in [1.54, 1.807) is 0 Å². The first-order chi connectivity index (χ1) is 27.3. The van der Waals surface area contributed by atoms with E-state index < -0.39 is 0 Å². The number of rotatable bonds is 4. The lowest BCUT2D eigenvalue weighted by Crippen LogP contribution is -1.94. The van der Waals surface area contributed by atoms with Gasteiger partial charge in [-0.15, -0.1) is 0 Å². The third kappa shape index (κ3) is 4.38. The number of nitrogens with zero attached hydrogens (tertiary/aromatic N) is 3. The minimum Gasteiger partial charge on any atom is -0.309 e. The van der Waals surface area contributed by atoms with Crippen LogP contribution >= 0.6 is 0 Å². The van der Waals surface area contributed by atoms with Crippen molar-refractivity contribution < 1.29 is 0 Å². The first-order valence-corrected chi connectivity index (χ1v) is 18.9. The van der Waals surface area contributed by atoms with Gasteiger partial charge in [0.05, 0.1) is 33.1 Å². The maximum atomic E-state index is 2.43. The average Bonchev–Trinajstić information content (AvgIpc) is 3.89. The van der Waals surface area contributed by atoms with E-state index in [9.17, 15) is 0 Å². The molecule has 0 amide bonds. The molecule has 12 rings (SSSR count). The van der Waals surface area contributed by atoms with E-state index in [-0.39, 0.29) is 0 Å². The topological polar surface area (TPSA) is 14.8 Å². The molecule has 0 saturated carbocycles. The van der Waals surface area contributed by atoms with Gasteiger partial charge in [0, 0.05) is 49.4 Å². The summed E-state index contributed by atoms with van der Waals surface area (Å²) in [5.74, 6) is 0. The fourth-order valence-electron chi connectivity index (χ4n) is 9.21. The molecule has 3 heteroatoms. The molecule has 9 aromatic carbocycles. The number of hydrogen-bond donors (Lipinski definition) is 0. The van der Waals surface area contributed by atoms with Crippen molar-refractivity contribution in [1.82, 2.24) is 13.7 Å². The third-order valence-electron chi connectivity index (χ3n) is 11.6. The van der Waals surface area contributed by atoms with Crippen LogP contribution in [0.15, 0.2) is 200 Å². The van der Waals surface area contributed by atoms with Crippen LogP contribution in [0.4, 0.5) is 0 Å². The van der Waals surface area contributed by atoms with Crippen LogP contribution in [-0.2, 0) is 0 Å². The molecule has 0 spiro atoms. The highest BCUT2D eigenvalue weighted by atomic mass is 15.0. The van der Waals surface area contributed by atoms with Gasteiger partial charge in [-0.25, -0.2) is 0 Å². The zero-order valence-electron chi connectivity index (χ0n) is 29.9. The Bertz CT molecular complexity index is 3470. The highest BCUT2D eigenvalue weighted by molar-refractivity contribution is 6.29. The monoisotopic (exact) mass is 699 g/mol. The molecule has 0 aliphatic rings. The lowest BCUT2D eigenvalue weighted by atomic mass is 9.99. The van der Waals surface area contributed by atoms with E-state index in [0.29, 0.717) is 0 Å². The van der Waals surface area contributed by atoms with Crippen LogP contribution in [-0.4, -0.2) is 13.7 Å². The molecule has 0 fully saturated rings. The Morgan fingerprint density at radius 2 is 0.691 bits per heavy atom. The Morgan fingerprint density at radius 1 is 0.236 bits per heavy atom. The van der Waals surface area contributed by atoms with E-state index in [4.69, 9.17) is 0 Å². The predicted molar refractivity (Wildman–Crippen MR) is 232 cm³/mol. The van der Waals surface area contributed by atoms with Gasteiger partial charge in [0.25, 0.3) is 0 Å². The summed E-state index contributed by atoms with van der Waals surface area (Å²) in [6, 6.07) is 73.2. The number of aromatic nitrogens is 3. The third-order valence-corrected chi connectivity index (χ3v) is 11.6. The summed E-state index contributed by atoms with van der Waals surface area (Å²) in [5.41, 5.74) is 13.1. The summed E-state index contributed by atoms with van der Waals surface area (Å²) in [6.45, 7) is 0. The molecular formula is C52H33N3. The fourth-order valence-corrected chi connectivity index (χ4v) is 9.21. The molecule has 3 nitrogen and oxygen atoms in total. The highest BCUT2D eigenvalue weighted by Crippen LogP contribution is 2.44. The summed E-state index contributed by atoms with van der Waals surface area (Å²) in [6.07, 6.45) is 0. The van der Waals surface area contributed by atoms with Gasteiger partial charge in [-0.3, -0.25) is 0 Å². The number of fused-ring (bicyclic) bond motifs is 11. The molecule has 0 saturated heterocycles. The SMILES string of the molecule is c1ccc(-n2c3ccccc3c3c4c5cc(-c6ccc7c(c6)c6ccccc6n7-c6ccc7ccccc7c6)ccc5n(-c5ccccc5)c4ccc32)cc1. The molecule has 3 aromatic heterocycles. The first-order valence-electron chi connectivity index (χ1n) is 18.9. The molecule has 12 aromatic rings. The van der Waals surface area contributed by atoms with Gasteiger partial charge in [-0.05, 0) is 107 Å². The zero-order valence-corrected chi connectivity index (χ0v) is 29.9. The molecule has 0 radical (unpaired) electrons. The predicted octanol–water partition coefficient (Wildman–Crippen LogP) is 13.8. The Morgan fingerprint density at radius 3 is 1.36 bits per heavy atom. The van der Waals surface area contributed by atoms with Crippen LogP contribution in [0, 0.1) is 0 Å². The van der Waals surface area contributed by atoms with Crippen molar-refractivity contribution in [3.8, 4) is 28.2 Å². The maximum Gasteiger partial charge on any atom is 0.0548 e. The highest BCUT2D eigenvalue weighted by Gasteiger charge is 2.21. The van der Waals surface area contributed by atoms with Crippen molar-refractivity contribution in [3.63, 3.8) is 0 Å². The van der Waals surface area contributed by atoms with Gasteiger partial charge in [0.1, 0.15) is 0 Å². The summed E-state index contributed by atoms with van der Waals surface area (Å²) in [4.78, 5) is 0. The minimum atomic E-state index is 1.16. The van der Waals surface area contributed by atoms with Crippen LogP contribution in [0.25, 0.3) is 104 Å². The Kier molecular flexibility index (Phi) is 6.34. The van der Waals surface area contributed by atoms with Crippen molar-refractivity contribution in [1.29, 1.82) is 0 Å². The molecule has 0 aliphatic heterocycles. The van der Waals surface area contributed by atoms with E-state index in [0.717, 1.165) is 11.4 Å². The van der Waals surface area contributed by atoms with E-state index in [1.807, 2.05) is 0 Å².